The number of thiophene rings is 1. The molecule has 28 heavy (non-hydrogen) atoms. The SMILES string of the molecule is COc1ccc(CCNC(=O)Cc2csc(-c3ccsc3)n2)cc1OC(F)F. The first-order chi connectivity index (χ1) is 13.5. The molecule has 9 heteroatoms. The van der Waals surface area contributed by atoms with Crippen molar-refractivity contribution in [1.82, 2.24) is 10.3 Å². The molecule has 0 saturated carbocycles. The number of amides is 1. The van der Waals surface area contributed by atoms with Crippen molar-refractivity contribution in [2.24, 2.45) is 0 Å². The number of alkyl halides is 2. The minimum absolute atomic E-state index is 0.0234. The lowest BCUT2D eigenvalue weighted by Crippen LogP contribution is -2.27. The summed E-state index contributed by atoms with van der Waals surface area (Å²) in [6.45, 7) is -2.55. The van der Waals surface area contributed by atoms with Gasteiger partial charge in [0.2, 0.25) is 5.91 Å². The average Bonchev–Trinajstić information content (AvgIpc) is 3.33. The van der Waals surface area contributed by atoms with Crippen LogP contribution in [0.15, 0.2) is 40.4 Å². The van der Waals surface area contributed by atoms with Gasteiger partial charge in [-0.05, 0) is 35.6 Å². The first kappa shape index (κ1) is 20.2. The third-order valence-electron chi connectivity index (χ3n) is 3.84. The topological polar surface area (TPSA) is 60.5 Å². The van der Waals surface area contributed by atoms with Crippen LogP contribution < -0.4 is 14.8 Å². The maximum Gasteiger partial charge on any atom is 0.387 e. The molecular formula is C19H18F2N2O3S2. The standard InChI is InChI=1S/C19H18F2N2O3S2/c1-25-15-3-2-12(8-16(15)26-19(20)21)4-6-22-17(24)9-14-11-28-18(23-14)13-5-7-27-10-13/h2-3,5,7-8,10-11,19H,4,6,9H2,1H3,(H,22,24). The molecule has 0 radical (unpaired) electrons. The molecule has 2 heterocycles. The third-order valence-corrected chi connectivity index (χ3v) is 5.46. The van der Waals surface area contributed by atoms with Gasteiger partial charge in [0.15, 0.2) is 11.5 Å². The Morgan fingerprint density at radius 1 is 1.25 bits per heavy atom. The molecule has 148 valence electrons. The Labute approximate surface area is 169 Å². The average molecular weight is 424 g/mol. The van der Waals surface area contributed by atoms with E-state index in [1.807, 2.05) is 22.2 Å². The number of aromatic nitrogens is 1. The van der Waals surface area contributed by atoms with Gasteiger partial charge in [-0.3, -0.25) is 4.79 Å². The Kier molecular flexibility index (Phi) is 6.94. The summed E-state index contributed by atoms with van der Waals surface area (Å²) in [6, 6.07) is 6.80. The van der Waals surface area contributed by atoms with Crippen molar-refractivity contribution in [2.75, 3.05) is 13.7 Å². The molecule has 0 bridgehead atoms. The second-order valence-electron chi connectivity index (χ2n) is 5.80. The van der Waals surface area contributed by atoms with E-state index in [-0.39, 0.29) is 23.8 Å². The number of hydrogen-bond donors (Lipinski definition) is 1. The smallest absolute Gasteiger partial charge is 0.387 e. The van der Waals surface area contributed by atoms with Crippen molar-refractivity contribution >= 4 is 28.6 Å². The number of carbonyl (C=O) groups is 1. The van der Waals surface area contributed by atoms with Crippen LogP contribution in [0.5, 0.6) is 11.5 Å². The molecule has 0 atom stereocenters. The largest absolute Gasteiger partial charge is 0.493 e. The molecule has 3 rings (SSSR count). The molecular weight excluding hydrogens is 406 g/mol. The summed E-state index contributed by atoms with van der Waals surface area (Å²) in [5.41, 5.74) is 2.54. The van der Waals surface area contributed by atoms with Crippen LogP contribution in [-0.4, -0.2) is 31.2 Å². The van der Waals surface area contributed by atoms with Crippen LogP contribution in [0.25, 0.3) is 10.6 Å². The van der Waals surface area contributed by atoms with E-state index in [4.69, 9.17) is 4.74 Å². The Hall–Kier alpha value is -2.52. The minimum atomic E-state index is -2.93. The fourth-order valence-electron chi connectivity index (χ4n) is 2.54. The molecule has 1 N–H and O–H groups in total. The summed E-state index contributed by atoms with van der Waals surface area (Å²) in [5.74, 6) is 0.0718. The van der Waals surface area contributed by atoms with Crippen LogP contribution in [0, 0.1) is 0 Å². The number of nitrogens with zero attached hydrogens (tertiary/aromatic N) is 1. The van der Waals surface area contributed by atoms with Gasteiger partial charge in [0, 0.05) is 22.9 Å². The lowest BCUT2D eigenvalue weighted by atomic mass is 10.1. The van der Waals surface area contributed by atoms with Crippen molar-refractivity contribution in [2.45, 2.75) is 19.5 Å². The molecule has 0 fully saturated rings. The first-order valence-corrected chi connectivity index (χ1v) is 10.2. The van der Waals surface area contributed by atoms with Gasteiger partial charge in [0.25, 0.3) is 0 Å². The number of rotatable bonds is 9. The number of hydrogen-bond acceptors (Lipinski definition) is 6. The number of ether oxygens (including phenoxy) is 2. The van der Waals surface area contributed by atoms with E-state index >= 15 is 0 Å². The zero-order valence-corrected chi connectivity index (χ0v) is 16.6. The van der Waals surface area contributed by atoms with Gasteiger partial charge in [0.05, 0.1) is 19.2 Å². The molecule has 0 spiro atoms. The molecule has 0 aliphatic heterocycles. The van der Waals surface area contributed by atoms with Crippen molar-refractivity contribution in [3.05, 3.63) is 51.7 Å². The molecule has 1 amide bonds. The fraction of sp³-hybridized carbons (Fsp3) is 0.263. The summed E-state index contributed by atoms with van der Waals surface area (Å²) < 4.78 is 34.4. The van der Waals surface area contributed by atoms with Gasteiger partial charge in [-0.25, -0.2) is 4.98 Å². The molecule has 0 unspecified atom stereocenters. The van der Waals surface area contributed by atoms with Crippen molar-refractivity contribution in [1.29, 1.82) is 0 Å². The number of methoxy groups -OCH3 is 1. The Balaban J connectivity index is 1.50. The zero-order chi connectivity index (χ0) is 19.9. The second kappa shape index (κ2) is 9.61. The van der Waals surface area contributed by atoms with E-state index in [0.29, 0.717) is 13.0 Å². The number of benzene rings is 1. The molecule has 2 aromatic heterocycles. The highest BCUT2D eigenvalue weighted by molar-refractivity contribution is 7.14. The van der Waals surface area contributed by atoms with Crippen molar-refractivity contribution in [3.63, 3.8) is 0 Å². The van der Waals surface area contributed by atoms with E-state index in [2.05, 4.69) is 15.0 Å². The van der Waals surface area contributed by atoms with Gasteiger partial charge < -0.3 is 14.8 Å². The highest BCUT2D eigenvalue weighted by Crippen LogP contribution is 2.29. The summed E-state index contributed by atoms with van der Waals surface area (Å²) >= 11 is 3.11. The van der Waals surface area contributed by atoms with E-state index in [1.54, 1.807) is 23.5 Å². The van der Waals surface area contributed by atoms with Crippen LogP contribution in [0.1, 0.15) is 11.3 Å². The lowest BCUT2D eigenvalue weighted by molar-refractivity contribution is -0.120. The number of halogens is 2. The van der Waals surface area contributed by atoms with Gasteiger partial charge >= 0.3 is 6.61 Å². The lowest BCUT2D eigenvalue weighted by Gasteiger charge is -2.11. The van der Waals surface area contributed by atoms with Crippen LogP contribution >= 0.6 is 22.7 Å². The molecule has 1 aromatic carbocycles. The van der Waals surface area contributed by atoms with E-state index < -0.39 is 6.61 Å². The molecule has 3 aromatic rings. The van der Waals surface area contributed by atoms with Crippen LogP contribution in [0.3, 0.4) is 0 Å². The normalized spacial score (nSPS) is 10.9. The van der Waals surface area contributed by atoms with Crippen LogP contribution in [0.4, 0.5) is 8.78 Å². The van der Waals surface area contributed by atoms with E-state index in [9.17, 15) is 13.6 Å². The summed E-state index contributed by atoms with van der Waals surface area (Å²) in [7, 11) is 1.38. The second-order valence-corrected chi connectivity index (χ2v) is 7.43. The first-order valence-electron chi connectivity index (χ1n) is 8.40. The van der Waals surface area contributed by atoms with Gasteiger partial charge in [-0.15, -0.1) is 11.3 Å². The molecule has 0 saturated heterocycles. The Bertz CT molecular complexity index is 914. The third kappa shape index (κ3) is 5.49. The highest BCUT2D eigenvalue weighted by Gasteiger charge is 2.12. The maximum atomic E-state index is 12.5. The van der Waals surface area contributed by atoms with E-state index in [0.717, 1.165) is 21.8 Å². The summed E-state index contributed by atoms with van der Waals surface area (Å²) in [5, 5.41) is 9.60. The van der Waals surface area contributed by atoms with Gasteiger partial charge in [-0.2, -0.15) is 20.1 Å². The number of carbonyl (C=O) groups excluding carboxylic acids is 1. The monoisotopic (exact) mass is 424 g/mol. The number of thiazole rings is 1. The van der Waals surface area contributed by atoms with Crippen LogP contribution in [0.2, 0.25) is 0 Å². The Morgan fingerprint density at radius 3 is 2.82 bits per heavy atom. The molecule has 0 aliphatic rings. The summed E-state index contributed by atoms with van der Waals surface area (Å²) in [4.78, 5) is 16.6. The molecule has 5 nitrogen and oxygen atoms in total. The molecule has 0 aliphatic carbocycles. The minimum Gasteiger partial charge on any atom is -0.493 e. The van der Waals surface area contributed by atoms with Crippen molar-refractivity contribution < 1.29 is 23.0 Å². The van der Waals surface area contributed by atoms with Crippen molar-refractivity contribution in [3.8, 4) is 22.1 Å². The van der Waals surface area contributed by atoms with Gasteiger partial charge in [0.1, 0.15) is 5.01 Å². The van der Waals surface area contributed by atoms with E-state index in [1.165, 1.54) is 24.5 Å². The fourth-order valence-corrected chi connectivity index (χ4v) is 4.08. The highest BCUT2D eigenvalue weighted by atomic mass is 32.1. The zero-order valence-electron chi connectivity index (χ0n) is 15.0. The Morgan fingerprint density at radius 2 is 2.11 bits per heavy atom. The summed E-state index contributed by atoms with van der Waals surface area (Å²) in [6.07, 6.45) is 0.676. The predicted octanol–water partition coefficient (Wildman–Crippen LogP) is 4.38. The quantitative estimate of drug-likeness (QED) is 0.554. The number of nitrogens with one attached hydrogen (secondary N) is 1. The maximum absolute atomic E-state index is 12.5. The van der Waals surface area contributed by atoms with Crippen LogP contribution in [-0.2, 0) is 17.6 Å². The predicted molar refractivity (Wildman–Crippen MR) is 105 cm³/mol. The van der Waals surface area contributed by atoms with Gasteiger partial charge in [-0.1, -0.05) is 6.07 Å².